The highest BCUT2D eigenvalue weighted by atomic mass is 19.3. The normalized spacial score (nSPS) is 28.7. The van der Waals surface area contributed by atoms with E-state index in [-0.39, 0.29) is 6.42 Å². The highest BCUT2D eigenvalue weighted by Crippen LogP contribution is 2.73. The standard InChI is InChI=1S/C9H13F4N/c10-6(11)9(7(12)13)5-8(9)1-3-14-4-2-8/h6-7,14H,1-5H2. The van der Waals surface area contributed by atoms with Crippen molar-refractivity contribution in [2.45, 2.75) is 32.1 Å². The van der Waals surface area contributed by atoms with E-state index in [0.29, 0.717) is 25.9 Å². The molecule has 1 heterocycles. The van der Waals surface area contributed by atoms with Crippen LogP contribution < -0.4 is 5.32 Å². The van der Waals surface area contributed by atoms with Gasteiger partial charge in [-0.15, -0.1) is 0 Å². The minimum atomic E-state index is -2.89. The van der Waals surface area contributed by atoms with Crippen LogP contribution in [0.15, 0.2) is 0 Å². The van der Waals surface area contributed by atoms with Crippen LogP contribution in [0.25, 0.3) is 0 Å². The van der Waals surface area contributed by atoms with Gasteiger partial charge in [-0.1, -0.05) is 0 Å². The second-order valence-electron chi connectivity index (χ2n) is 4.35. The minimum Gasteiger partial charge on any atom is -0.317 e. The van der Waals surface area contributed by atoms with Crippen molar-refractivity contribution in [1.82, 2.24) is 5.32 Å². The molecule has 1 aliphatic carbocycles. The van der Waals surface area contributed by atoms with Gasteiger partial charge in [-0.05, 0) is 37.8 Å². The predicted octanol–water partition coefficient (Wildman–Crippen LogP) is 2.28. The fourth-order valence-corrected chi connectivity index (χ4v) is 2.78. The Balaban J connectivity index is 2.17. The molecule has 0 aromatic carbocycles. The third-order valence-corrected chi connectivity index (χ3v) is 3.83. The molecule has 1 N–H and O–H groups in total. The zero-order chi connectivity index (χ0) is 10.4. The lowest BCUT2D eigenvalue weighted by Crippen LogP contribution is -2.37. The zero-order valence-electron chi connectivity index (χ0n) is 7.70. The van der Waals surface area contributed by atoms with Gasteiger partial charge in [0.25, 0.3) is 0 Å². The summed E-state index contributed by atoms with van der Waals surface area (Å²) in [6.07, 6.45) is -4.86. The largest absolute Gasteiger partial charge is 0.317 e. The molecule has 1 spiro atoms. The number of piperidine rings is 1. The number of nitrogens with one attached hydrogen (secondary N) is 1. The first-order valence-electron chi connectivity index (χ1n) is 4.82. The quantitative estimate of drug-likeness (QED) is 0.691. The van der Waals surface area contributed by atoms with Crippen molar-refractivity contribution in [1.29, 1.82) is 0 Å². The van der Waals surface area contributed by atoms with Crippen molar-refractivity contribution < 1.29 is 17.6 Å². The average molecular weight is 211 g/mol. The Bertz CT molecular complexity index is 215. The molecule has 0 unspecified atom stereocenters. The van der Waals surface area contributed by atoms with Crippen LogP contribution >= 0.6 is 0 Å². The summed E-state index contributed by atoms with van der Waals surface area (Å²) in [6.45, 7) is 1.17. The van der Waals surface area contributed by atoms with Crippen molar-refractivity contribution in [3.05, 3.63) is 0 Å². The van der Waals surface area contributed by atoms with Crippen LogP contribution in [-0.2, 0) is 0 Å². The average Bonchev–Trinajstić information content (AvgIpc) is 2.76. The maximum absolute atomic E-state index is 12.7. The van der Waals surface area contributed by atoms with Gasteiger partial charge in [0, 0.05) is 0 Å². The van der Waals surface area contributed by atoms with Crippen LogP contribution in [0.1, 0.15) is 19.3 Å². The molecule has 0 radical (unpaired) electrons. The molecule has 2 rings (SSSR count). The van der Waals surface area contributed by atoms with Gasteiger partial charge in [0.15, 0.2) is 0 Å². The predicted molar refractivity (Wildman–Crippen MR) is 43.6 cm³/mol. The molecule has 2 aliphatic rings. The maximum Gasteiger partial charge on any atom is 0.250 e. The zero-order valence-corrected chi connectivity index (χ0v) is 7.70. The van der Waals surface area contributed by atoms with E-state index < -0.39 is 23.7 Å². The lowest BCUT2D eigenvalue weighted by atomic mass is 9.85. The van der Waals surface area contributed by atoms with E-state index in [1.807, 2.05) is 0 Å². The van der Waals surface area contributed by atoms with E-state index in [9.17, 15) is 17.6 Å². The first-order valence-corrected chi connectivity index (χ1v) is 4.82. The molecule has 0 aromatic heterocycles. The topological polar surface area (TPSA) is 12.0 Å². The van der Waals surface area contributed by atoms with Crippen LogP contribution in [0.5, 0.6) is 0 Å². The highest BCUT2D eigenvalue weighted by molar-refractivity contribution is 5.18. The molecule has 5 heteroatoms. The Hall–Kier alpha value is -0.320. The summed E-state index contributed by atoms with van der Waals surface area (Å²) in [5, 5.41) is 3.01. The van der Waals surface area contributed by atoms with Crippen molar-refractivity contribution in [3.8, 4) is 0 Å². The van der Waals surface area contributed by atoms with Crippen LogP contribution in [0.3, 0.4) is 0 Å². The van der Waals surface area contributed by atoms with Crippen LogP contribution in [0.4, 0.5) is 17.6 Å². The first-order chi connectivity index (χ1) is 6.55. The van der Waals surface area contributed by atoms with Crippen molar-refractivity contribution in [3.63, 3.8) is 0 Å². The van der Waals surface area contributed by atoms with Crippen molar-refractivity contribution in [2.24, 2.45) is 10.8 Å². The molecular weight excluding hydrogens is 198 g/mol. The third-order valence-electron chi connectivity index (χ3n) is 3.83. The number of hydrogen-bond donors (Lipinski definition) is 1. The summed E-state index contributed by atoms with van der Waals surface area (Å²) >= 11 is 0. The van der Waals surface area contributed by atoms with Gasteiger partial charge in [-0.3, -0.25) is 0 Å². The molecule has 1 saturated carbocycles. The molecule has 1 saturated heterocycles. The molecule has 0 aromatic rings. The molecule has 0 bridgehead atoms. The van der Waals surface area contributed by atoms with Crippen LogP contribution in [-0.4, -0.2) is 25.9 Å². The third kappa shape index (κ3) is 1.11. The molecule has 82 valence electrons. The smallest absolute Gasteiger partial charge is 0.250 e. The summed E-state index contributed by atoms with van der Waals surface area (Å²) in [4.78, 5) is 0. The summed E-state index contributed by atoms with van der Waals surface area (Å²) in [6, 6.07) is 0. The van der Waals surface area contributed by atoms with E-state index in [1.54, 1.807) is 0 Å². The first kappa shape index (κ1) is 10.2. The van der Waals surface area contributed by atoms with Gasteiger partial charge in [0.1, 0.15) is 0 Å². The van der Waals surface area contributed by atoms with E-state index in [2.05, 4.69) is 5.32 Å². The Morgan fingerprint density at radius 2 is 1.43 bits per heavy atom. The lowest BCUT2D eigenvalue weighted by Gasteiger charge is -2.28. The number of rotatable bonds is 2. The van der Waals surface area contributed by atoms with Crippen LogP contribution in [0, 0.1) is 10.8 Å². The van der Waals surface area contributed by atoms with Gasteiger partial charge in [-0.25, -0.2) is 17.6 Å². The van der Waals surface area contributed by atoms with Gasteiger partial charge < -0.3 is 5.32 Å². The number of halogens is 4. The maximum atomic E-state index is 12.7. The molecular formula is C9H13F4N. The van der Waals surface area contributed by atoms with E-state index >= 15 is 0 Å². The second kappa shape index (κ2) is 3.08. The van der Waals surface area contributed by atoms with Crippen LogP contribution in [0.2, 0.25) is 0 Å². The lowest BCUT2D eigenvalue weighted by molar-refractivity contribution is -0.0731. The minimum absolute atomic E-state index is 0.00296. The summed E-state index contributed by atoms with van der Waals surface area (Å²) in [7, 11) is 0. The monoisotopic (exact) mass is 211 g/mol. The van der Waals surface area contributed by atoms with Gasteiger partial charge >= 0.3 is 0 Å². The molecule has 14 heavy (non-hydrogen) atoms. The fraction of sp³-hybridized carbons (Fsp3) is 1.00. The molecule has 1 aliphatic heterocycles. The molecule has 0 amide bonds. The summed E-state index contributed by atoms with van der Waals surface area (Å²) in [5.41, 5.74) is -2.77. The molecule has 0 atom stereocenters. The SMILES string of the molecule is FC(F)C1(C(F)F)CC12CCNCC2. The Kier molecular flexibility index (Phi) is 2.25. The highest BCUT2D eigenvalue weighted by Gasteiger charge is 2.76. The van der Waals surface area contributed by atoms with Crippen molar-refractivity contribution in [2.75, 3.05) is 13.1 Å². The molecule has 2 fully saturated rings. The Morgan fingerprint density at radius 1 is 0.929 bits per heavy atom. The summed E-state index contributed by atoms with van der Waals surface area (Å²) < 4.78 is 50.6. The van der Waals surface area contributed by atoms with E-state index in [0.717, 1.165) is 0 Å². The second-order valence-corrected chi connectivity index (χ2v) is 4.35. The fourth-order valence-electron chi connectivity index (χ4n) is 2.78. The Labute approximate surface area is 79.9 Å². The number of hydrogen-bond acceptors (Lipinski definition) is 1. The van der Waals surface area contributed by atoms with Gasteiger partial charge in [0.05, 0.1) is 5.41 Å². The number of alkyl halides is 4. The van der Waals surface area contributed by atoms with Gasteiger partial charge in [-0.2, -0.15) is 0 Å². The van der Waals surface area contributed by atoms with Gasteiger partial charge in [0.2, 0.25) is 12.9 Å². The van der Waals surface area contributed by atoms with E-state index in [1.165, 1.54) is 0 Å². The summed E-state index contributed by atoms with van der Waals surface area (Å²) in [5.74, 6) is 0. The molecule has 1 nitrogen and oxygen atoms in total. The van der Waals surface area contributed by atoms with Crippen molar-refractivity contribution >= 4 is 0 Å². The Morgan fingerprint density at radius 3 is 1.79 bits per heavy atom. The van der Waals surface area contributed by atoms with E-state index in [4.69, 9.17) is 0 Å².